The predicted molar refractivity (Wildman–Crippen MR) is 119 cm³/mol. The maximum Gasteiger partial charge on any atom is 0.252 e. The largest absolute Gasteiger partial charge is 0.493 e. The third-order valence-corrected chi connectivity index (χ3v) is 5.36. The van der Waals surface area contributed by atoms with Gasteiger partial charge in [-0.05, 0) is 52.9 Å². The highest BCUT2D eigenvalue weighted by Gasteiger charge is 2.29. The fourth-order valence-corrected chi connectivity index (χ4v) is 3.58. The monoisotopic (exact) mass is 474 g/mol. The first-order valence-corrected chi connectivity index (χ1v) is 11.0. The lowest BCUT2D eigenvalue weighted by atomic mass is 10.0. The molecule has 1 atom stereocenters. The highest BCUT2D eigenvalue weighted by Crippen LogP contribution is 2.36. The van der Waals surface area contributed by atoms with Gasteiger partial charge in [0.1, 0.15) is 6.04 Å². The molecular weight excluding hydrogens is 448 g/mol. The molecule has 30 heavy (non-hydrogen) atoms. The van der Waals surface area contributed by atoms with Crippen LogP contribution in [0.3, 0.4) is 0 Å². The van der Waals surface area contributed by atoms with Crippen molar-refractivity contribution in [3.05, 3.63) is 58.1 Å². The summed E-state index contributed by atoms with van der Waals surface area (Å²) in [4.78, 5) is 25.7. The van der Waals surface area contributed by atoms with Crippen LogP contribution >= 0.6 is 15.9 Å². The van der Waals surface area contributed by atoms with Gasteiger partial charge in [-0.25, -0.2) is 0 Å². The van der Waals surface area contributed by atoms with Gasteiger partial charge in [0.15, 0.2) is 11.5 Å². The number of amides is 2. The van der Waals surface area contributed by atoms with Crippen molar-refractivity contribution in [3.63, 3.8) is 0 Å². The lowest BCUT2D eigenvalue weighted by molar-refractivity contribution is -0.123. The Labute approximate surface area is 185 Å². The van der Waals surface area contributed by atoms with Gasteiger partial charge in [0, 0.05) is 18.0 Å². The van der Waals surface area contributed by atoms with Gasteiger partial charge in [0.2, 0.25) is 5.91 Å². The van der Waals surface area contributed by atoms with E-state index in [1.807, 2.05) is 37.3 Å². The summed E-state index contributed by atoms with van der Waals surface area (Å²) >= 11 is 3.46. The molecule has 0 heterocycles. The smallest absolute Gasteiger partial charge is 0.252 e. The highest BCUT2D eigenvalue weighted by molar-refractivity contribution is 9.10. The molecule has 2 N–H and O–H groups in total. The summed E-state index contributed by atoms with van der Waals surface area (Å²) in [6, 6.07) is 12.5. The van der Waals surface area contributed by atoms with E-state index in [2.05, 4.69) is 26.6 Å². The van der Waals surface area contributed by atoms with Crippen LogP contribution in [0.5, 0.6) is 11.5 Å². The van der Waals surface area contributed by atoms with Crippen molar-refractivity contribution in [3.8, 4) is 11.5 Å². The van der Waals surface area contributed by atoms with Crippen LogP contribution < -0.4 is 20.1 Å². The molecule has 0 aliphatic heterocycles. The Balaban J connectivity index is 1.78. The maximum absolute atomic E-state index is 13.0. The summed E-state index contributed by atoms with van der Waals surface area (Å²) in [5.74, 6) is 0.514. The number of carbonyl (C=O) groups excluding carboxylic acids is 2. The molecule has 1 aliphatic carbocycles. The number of benzene rings is 2. The van der Waals surface area contributed by atoms with Crippen LogP contribution in [0.4, 0.5) is 0 Å². The first kappa shape index (κ1) is 22.2. The van der Waals surface area contributed by atoms with Crippen molar-refractivity contribution in [1.29, 1.82) is 0 Å². The standard InChI is InChI=1S/C23H27BrN2O4/c1-3-11-30-21-18(24)13-16(14-20(21)29-2)22(27)26-19(23(28)25-17-9-10-17)12-15-7-5-4-6-8-15/h4-8,13-14,17,19H,3,9-12H2,1-2H3,(H,25,28)(H,26,27). The van der Waals surface area contributed by atoms with Crippen molar-refractivity contribution in [2.45, 2.75) is 44.7 Å². The first-order valence-electron chi connectivity index (χ1n) is 10.2. The van der Waals surface area contributed by atoms with Gasteiger partial charge in [0.25, 0.3) is 5.91 Å². The molecule has 1 aliphatic rings. The number of methoxy groups -OCH3 is 1. The number of halogens is 1. The van der Waals surface area contributed by atoms with E-state index in [1.165, 1.54) is 7.11 Å². The lowest BCUT2D eigenvalue weighted by Gasteiger charge is -2.19. The van der Waals surface area contributed by atoms with Crippen LogP contribution in [0.15, 0.2) is 46.9 Å². The Morgan fingerprint density at radius 1 is 1.20 bits per heavy atom. The van der Waals surface area contributed by atoms with Crippen molar-refractivity contribution >= 4 is 27.7 Å². The third kappa shape index (κ3) is 5.98. The number of rotatable bonds is 10. The summed E-state index contributed by atoms with van der Waals surface area (Å²) in [5, 5.41) is 5.88. The molecule has 0 radical (unpaired) electrons. The quantitative estimate of drug-likeness (QED) is 0.547. The average Bonchev–Trinajstić information content (AvgIpc) is 3.56. The number of hydrogen-bond donors (Lipinski definition) is 2. The number of hydrogen-bond acceptors (Lipinski definition) is 4. The molecule has 7 heteroatoms. The molecule has 0 aromatic heterocycles. The van der Waals surface area contributed by atoms with Crippen molar-refractivity contribution in [2.24, 2.45) is 0 Å². The topological polar surface area (TPSA) is 76.7 Å². The summed E-state index contributed by atoms with van der Waals surface area (Å²) in [6.07, 6.45) is 3.25. The molecule has 1 fully saturated rings. The van der Waals surface area contributed by atoms with Gasteiger partial charge < -0.3 is 20.1 Å². The van der Waals surface area contributed by atoms with Crippen molar-refractivity contribution in [2.75, 3.05) is 13.7 Å². The van der Waals surface area contributed by atoms with Gasteiger partial charge >= 0.3 is 0 Å². The Hall–Kier alpha value is -2.54. The maximum atomic E-state index is 13.0. The molecule has 2 aromatic rings. The number of carbonyl (C=O) groups is 2. The Morgan fingerprint density at radius 2 is 1.93 bits per heavy atom. The second kappa shape index (κ2) is 10.5. The molecule has 160 valence electrons. The minimum atomic E-state index is -0.665. The molecule has 0 spiro atoms. The second-order valence-electron chi connectivity index (χ2n) is 7.34. The van der Waals surface area contributed by atoms with Crippen LogP contribution in [0.2, 0.25) is 0 Å². The van der Waals surface area contributed by atoms with E-state index in [4.69, 9.17) is 9.47 Å². The van der Waals surface area contributed by atoms with E-state index in [9.17, 15) is 9.59 Å². The van der Waals surface area contributed by atoms with E-state index in [1.54, 1.807) is 12.1 Å². The van der Waals surface area contributed by atoms with E-state index in [0.29, 0.717) is 34.6 Å². The summed E-state index contributed by atoms with van der Waals surface area (Å²) < 4.78 is 11.8. The van der Waals surface area contributed by atoms with Crippen LogP contribution in [0.25, 0.3) is 0 Å². The first-order chi connectivity index (χ1) is 14.5. The van der Waals surface area contributed by atoms with Crippen LogP contribution in [-0.4, -0.2) is 37.6 Å². The van der Waals surface area contributed by atoms with Gasteiger partial charge in [0.05, 0.1) is 18.2 Å². The van der Waals surface area contributed by atoms with Gasteiger partial charge in [-0.1, -0.05) is 37.3 Å². The van der Waals surface area contributed by atoms with Crippen LogP contribution in [0, 0.1) is 0 Å². The van der Waals surface area contributed by atoms with E-state index >= 15 is 0 Å². The molecule has 2 aromatic carbocycles. The van der Waals surface area contributed by atoms with Gasteiger partial charge in [-0.3, -0.25) is 9.59 Å². The molecule has 3 rings (SSSR count). The van der Waals surface area contributed by atoms with E-state index in [0.717, 1.165) is 24.8 Å². The van der Waals surface area contributed by atoms with Gasteiger partial charge in [-0.2, -0.15) is 0 Å². The molecule has 0 bridgehead atoms. The Kier molecular flexibility index (Phi) is 7.74. The fourth-order valence-electron chi connectivity index (χ4n) is 3.03. The summed E-state index contributed by atoms with van der Waals surface area (Å²) in [7, 11) is 1.53. The summed E-state index contributed by atoms with van der Waals surface area (Å²) in [6.45, 7) is 2.56. The SMILES string of the molecule is CCCOc1c(Br)cc(C(=O)NC(Cc2ccccc2)C(=O)NC2CC2)cc1OC. The molecular formula is C23H27BrN2O4. The molecule has 1 saturated carbocycles. The zero-order chi connectivity index (χ0) is 21.5. The highest BCUT2D eigenvalue weighted by atomic mass is 79.9. The average molecular weight is 475 g/mol. The van der Waals surface area contributed by atoms with E-state index in [-0.39, 0.29) is 17.9 Å². The Bertz CT molecular complexity index is 884. The number of ether oxygens (including phenoxy) is 2. The van der Waals surface area contributed by atoms with Crippen molar-refractivity contribution in [1.82, 2.24) is 10.6 Å². The zero-order valence-corrected chi connectivity index (χ0v) is 18.8. The normalized spacial score (nSPS) is 14.0. The Morgan fingerprint density at radius 3 is 2.57 bits per heavy atom. The second-order valence-corrected chi connectivity index (χ2v) is 8.19. The van der Waals surface area contributed by atoms with Gasteiger partial charge in [-0.15, -0.1) is 0 Å². The van der Waals surface area contributed by atoms with Crippen LogP contribution in [-0.2, 0) is 11.2 Å². The van der Waals surface area contributed by atoms with E-state index < -0.39 is 6.04 Å². The fraction of sp³-hybridized carbons (Fsp3) is 0.391. The predicted octanol–water partition coefficient (Wildman–Crippen LogP) is 3.87. The summed E-state index contributed by atoms with van der Waals surface area (Å²) in [5.41, 5.74) is 1.37. The lowest BCUT2D eigenvalue weighted by Crippen LogP contribution is -2.48. The molecule has 1 unspecified atom stereocenters. The van der Waals surface area contributed by atoms with Crippen LogP contribution in [0.1, 0.15) is 42.1 Å². The van der Waals surface area contributed by atoms with Crippen molar-refractivity contribution < 1.29 is 19.1 Å². The third-order valence-electron chi connectivity index (χ3n) is 4.77. The zero-order valence-electron chi connectivity index (χ0n) is 17.2. The number of nitrogens with one attached hydrogen (secondary N) is 2. The molecule has 6 nitrogen and oxygen atoms in total. The molecule has 2 amide bonds. The molecule has 0 saturated heterocycles. The minimum Gasteiger partial charge on any atom is -0.493 e. The minimum absolute atomic E-state index is 0.163.